The van der Waals surface area contributed by atoms with E-state index in [-0.39, 0.29) is 18.3 Å². The summed E-state index contributed by atoms with van der Waals surface area (Å²) in [4.78, 5) is 22.8. The molecule has 6 heteroatoms. The molecule has 0 aliphatic heterocycles. The fraction of sp³-hybridized carbons (Fsp3) is 0.467. The maximum Gasteiger partial charge on any atom is 0.315 e. The number of carboxylic acids is 1. The van der Waals surface area contributed by atoms with Gasteiger partial charge in [0.05, 0.1) is 18.0 Å². The van der Waals surface area contributed by atoms with E-state index in [9.17, 15) is 14.0 Å². The smallest absolute Gasteiger partial charge is 0.315 e. The van der Waals surface area contributed by atoms with E-state index in [0.717, 1.165) is 6.42 Å². The number of hydrogen-bond donors (Lipinski definition) is 3. The molecule has 21 heavy (non-hydrogen) atoms. The van der Waals surface area contributed by atoms with Crippen molar-refractivity contribution in [3.05, 3.63) is 35.6 Å². The van der Waals surface area contributed by atoms with Crippen LogP contribution in [0.1, 0.15) is 44.2 Å². The van der Waals surface area contributed by atoms with E-state index in [4.69, 9.17) is 5.11 Å². The number of halogens is 1. The van der Waals surface area contributed by atoms with Gasteiger partial charge in [0.2, 0.25) is 0 Å². The van der Waals surface area contributed by atoms with Gasteiger partial charge >= 0.3 is 12.0 Å². The summed E-state index contributed by atoms with van der Waals surface area (Å²) in [7, 11) is 0. The van der Waals surface area contributed by atoms with Crippen LogP contribution in [0, 0.1) is 5.82 Å². The number of hydrogen-bond acceptors (Lipinski definition) is 2. The molecule has 0 radical (unpaired) electrons. The molecule has 1 unspecified atom stereocenters. The van der Waals surface area contributed by atoms with Gasteiger partial charge in [-0.05, 0) is 43.9 Å². The average Bonchev–Trinajstić information content (AvgIpc) is 2.35. The Bertz CT molecular complexity index is 543. The predicted octanol–water partition coefficient (Wildman–Crippen LogP) is 2.58. The molecule has 1 aliphatic rings. The minimum absolute atomic E-state index is 0.0746. The van der Waals surface area contributed by atoms with Crippen molar-refractivity contribution in [2.45, 2.75) is 44.2 Å². The number of carbonyl (C=O) groups is 2. The van der Waals surface area contributed by atoms with Crippen LogP contribution >= 0.6 is 0 Å². The molecular formula is C15H19FN2O3. The molecule has 1 atom stereocenters. The van der Waals surface area contributed by atoms with Crippen molar-refractivity contribution in [1.29, 1.82) is 0 Å². The van der Waals surface area contributed by atoms with Crippen LogP contribution in [-0.4, -0.2) is 22.6 Å². The van der Waals surface area contributed by atoms with E-state index >= 15 is 0 Å². The minimum Gasteiger partial charge on any atom is -0.481 e. The zero-order valence-electron chi connectivity index (χ0n) is 11.9. The lowest BCUT2D eigenvalue weighted by atomic mass is 9.74. The number of urea groups is 1. The van der Waals surface area contributed by atoms with Crippen LogP contribution in [0.3, 0.4) is 0 Å². The van der Waals surface area contributed by atoms with E-state index in [2.05, 4.69) is 10.6 Å². The highest BCUT2D eigenvalue weighted by atomic mass is 19.1. The van der Waals surface area contributed by atoms with Crippen molar-refractivity contribution in [1.82, 2.24) is 10.6 Å². The fourth-order valence-electron chi connectivity index (χ4n) is 2.57. The summed E-state index contributed by atoms with van der Waals surface area (Å²) < 4.78 is 13.1. The number of aliphatic carboxylic acids is 1. The van der Waals surface area contributed by atoms with Gasteiger partial charge < -0.3 is 15.7 Å². The summed E-state index contributed by atoms with van der Waals surface area (Å²) in [6.07, 6.45) is 2.17. The third-order valence-electron chi connectivity index (χ3n) is 3.88. The molecule has 3 N–H and O–H groups in total. The molecule has 0 saturated heterocycles. The molecular weight excluding hydrogens is 275 g/mol. The van der Waals surface area contributed by atoms with Gasteiger partial charge in [-0.15, -0.1) is 0 Å². The second kappa shape index (κ2) is 6.11. The molecule has 0 bridgehead atoms. The molecule has 5 nitrogen and oxygen atoms in total. The largest absolute Gasteiger partial charge is 0.481 e. The number of benzene rings is 1. The summed E-state index contributed by atoms with van der Waals surface area (Å²) in [5.41, 5.74) is 0.0171. The molecule has 0 heterocycles. The Kier molecular flexibility index (Phi) is 4.45. The molecule has 1 aliphatic carbocycles. The first-order valence-electron chi connectivity index (χ1n) is 6.96. The summed E-state index contributed by atoms with van der Waals surface area (Å²) >= 11 is 0. The lowest BCUT2D eigenvalue weighted by molar-refractivity contribution is -0.139. The SMILES string of the molecule is CC(NC(=O)NC1(CC(=O)O)CCC1)c1cccc(F)c1. The van der Waals surface area contributed by atoms with Crippen molar-refractivity contribution in [3.8, 4) is 0 Å². The van der Waals surface area contributed by atoms with Gasteiger partial charge in [0.1, 0.15) is 5.82 Å². The molecule has 114 valence electrons. The van der Waals surface area contributed by atoms with Crippen LogP contribution < -0.4 is 10.6 Å². The monoisotopic (exact) mass is 294 g/mol. The molecule has 0 spiro atoms. The number of nitrogens with one attached hydrogen (secondary N) is 2. The first-order valence-corrected chi connectivity index (χ1v) is 6.96. The molecule has 0 aromatic heterocycles. The fourth-order valence-corrected chi connectivity index (χ4v) is 2.57. The molecule has 1 aromatic carbocycles. The third kappa shape index (κ3) is 3.93. The lowest BCUT2D eigenvalue weighted by Crippen LogP contribution is -2.57. The standard InChI is InChI=1S/C15H19FN2O3/c1-10(11-4-2-5-12(16)8-11)17-14(21)18-15(6-3-7-15)9-13(19)20/h2,4-5,8,10H,3,6-7,9H2,1H3,(H,19,20)(H2,17,18,21). The Balaban J connectivity index is 1.93. The third-order valence-corrected chi connectivity index (χ3v) is 3.88. The van der Waals surface area contributed by atoms with Crippen molar-refractivity contribution >= 4 is 12.0 Å². The van der Waals surface area contributed by atoms with Crippen molar-refractivity contribution < 1.29 is 19.1 Å². The molecule has 2 rings (SSSR count). The maximum absolute atomic E-state index is 13.1. The summed E-state index contributed by atoms with van der Waals surface area (Å²) in [6, 6.07) is 5.23. The minimum atomic E-state index is -0.923. The van der Waals surface area contributed by atoms with Crippen LogP contribution in [0.2, 0.25) is 0 Å². The highest BCUT2D eigenvalue weighted by Crippen LogP contribution is 2.34. The van der Waals surface area contributed by atoms with Crippen LogP contribution in [0.4, 0.5) is 9.18 Å². The van der Waals surface area contributed by atoms with Crippen molar-refractivity contribution in [2.24, 2.45) is 0 Å². The second-order valence-electron chi connectivity index (χ2n) is 5.58. The van der Waals surface area contributed by atoms with E-state index < -0.39 is 17.5 Å². The summed E-state index contributed by atoms with van der Waals surface area (Å²) in [5, 5.41) is 14.4. The Morgan fingerprint density at radius 2 is 2.14 bits per heavy atom. The van der Waals surface area contributed by atoms with Crippen LogP contribution in [-0.2, 0) is 4.79 Å². The van der Waals surface area contributed by atoms with E-state index in [0.29, 0.717) is 18.4 Å². The van der Waals surface area contributed by atoms with Gasteiger partial charge in [-0.1, -0.05) is 12.1 Å². The zero-order valence-corrected chi connectivity index (χ0v) is 11.9. The van der Waals surface area contributed by atoms with E-state index in [1.807, 2.05) is 0 Å². The van der Waals surface area contributed by atoms with Crippen molar-refractivity contribution in [2.75, 3.05) is 0 Å². The summed E-state index contributed by atoms with van der Waals surface area (Å²) in [6.45, 7) is 1.75. The van der Waals surface area contributed by atoms with Gasteiger partial charge in [-0.2, -0.15) is 0 Å². The molecule has 1 saturated carbocycles. The highest BCUT2D eigenvalue weighted by molar-refractivity contribution is 5.77. The number of carbonyl (C=O) groups excluding carboxylic acids is 1. The normalized spacial score (nSPS) is 17.4. The van der Waals surface area contributed by atoms with E-state index in [1.54, 1.807) is 19.1 Å². The van der Waals surface area contributed by atoms with Gasteiger partial charge in [0.15, 0.2) is 0 Å². The number of amides is 2. The predicted molar refractivity (Wildman–Crippen MR) is 75.3 cm³/mol. The Morgan fingerprint density at radius 1 is 1.43 bits per heavy atom. The molecule has 2 amide bonds. The zero-order chi connectivity index (χ0) is 15.5. The summed E-state index contributed by atoms with van der Waals surface area (Å²) in [5.74, 6) is -1.28. The highest BCUT2D eigenvalue weighted by Gasteiger charge is 2.40. The molecule has 1 aromatic rings. The first-order chi connectivity index (χ1) is 9.90. The average molecular weight is 294 g/mol. The Labute approximate surface area is 122 Å². The Morgan fingerprint density at radius 3 is 2.67 bits per heavy atom. The molecule has 1 fully saturated rings. The van der Waals surface area contributed by atoms with E-state index in [1.165, 1.54) is 12.1 Å². The quantitative estimate of drug-likeness (QED) is 0.781. The van der Waals surface area contributed by atoms with Gasteiger partial charge in [-0.25, -0.2) is 9.18 Å². The second-order valence-corrected chi connectivity index (χ2v) is 5.58. The van der Waals surface area contributed by atoms with Gasteiger partial charge in [-0.3, -0.25) is 4.79 Å². The van der Waals surface area contributed by atoms with Crippen LogP contribution in [0.5, 0.6) is 0 Å². The van der Waals surface area contributed by atoms with Gasteiger partial charge in [0.25, 0.3) is 0 Å². The Hall–Kier alpha value is -2.11. The number of carboxylic acid groups (broad SMARTS) is 1. The van der Waals surface area contributed by atoms with Crippen molar-refractivity contribution in [3.63, 3.8) is 0 Å². The maximum atomic E-state index is 13.1. The van der Waals surface area contributed by atoms with Gasteiger partial charge in [0, 0.05) is 0 Å². The van der Waals surface area contributed by atoms with Crippen LogP contribution in [0.15, 0.2) is 24.3 Å². The lowest BCUT2D eigenvalue weighted by Gasteiger charge is -2.41. The number of rotatable bonds is 5. The van der Waals surface area contributed by atoms with Crippen LogP contribution in [0.25, 0.3) is 0 Å². The topological polar surface area (TPSA) is 78.4 Å². The first kappa shape index (κ1) is 15.3.